The fraction of sp³-hybridized carbons (Fsp3) is 0.111. The lowest BCUT2D eigenvalue weighted by atomic mass is 10.0. The van der Waals surface area contributed by atoms with Gasteiger partial charge in [0.2, 0.25) is 0 Å². The Morgan fingerprint density at radius 2 is 1.75 bits per heavy atom. The summed E-state index contributed by atoms with van der Waals surface area (Å²) in [4.78, 5) is 0. The summed E-state index contributed by atoms with van der Waals surface area (Å²) < 4.78 is 12.0. The van der Waals surface area contributed by atoms with Crippen LogP contribution >= 0.6 is 0 Å². The van der Waals surface area contributed by atoms with Gasteiger partial charge in [-0.25, -0.2) is 0 Å². The van der Waals surface area contributed by atoms with Crippen LogP contribution in [0.3, 0.4) is 0 Å². The summed E-state index contributed by atoms with van der Waals surface area (Å²) in [5.74, 6) is 1.75. The molecule has 1 aliphatic carbocycles. The van der Waals surface area contributed by atoms with Gasteiger partial charge in [0.1, 0.15) is 17.6 Å². The lowest BCUT2D eigenvalue weighted by molar-refractivity contribution is 0.117. The van der Waals surface area contributed by atoms with Gasteiger partial charge in [0.15, 0.2) is 6.10 Å². The van der Waals surface area contributed by atoms with E-state index in [2.05, 4.69) is 24.3 Å². The molecule has 0 spiro atoms. The Morgan fingerprint density at radius 3 is 2.75 bits per heavy atom. The third kappa shape index (κ3) is 1.90. The normalized spacial score (nSPS) is 25.8. The lowest BCUT2D eigenvalue weighted by Crippen LogP contribution is -2.27. The molecular formula is C18H14O2. The minimum absolute atomic E-state index is 0.00849. The van der Waals surface area contributed by atoms with Crippen LogP contribution in [-0.4, -0.2) is 12.2 Å². The van der Waals surface area contributed by atoms with E-state index in [0.717, 1.165) is 17.1 Å². The summed E-state index contributed by atoms with van der Waals surface area (Å²) in [5.41, 5.74) is 2.29. The third-order valence-corrected chi connectivity index (χ3v) is 3.62. The average Bonchev–Trinajstić information content (AvgIpc) is 2.54. The first-order valence-corrected chi connectivity index (χ1v) is 6.77. The second-order valence-corrected chi connectivity index (χ2v) is 4.95. The summed E-state index contributed by atoms with van der Waals surface area (Å²) in [7, 11) is 0. The highest BCUT2D eigenvalue weighted by atomic mass is 16.5. The molecule has 0 saturated carbocycles. The molecule has 2 nitrogen and oxygen atoms in total. The van der Waals surface area contributed by atoms with Gasteiger partial charge < -0.3 is 9.47 Å². The van der Waals surface area contributed by atoms with Crippen molar-refractivity contribution in [1.82, 2.24) is 0 Å². The van der Waals surface area contributed by atoms with E-state index in [1.165, 1.54) is 5.57 Å². The Hall–Kier alpha value is -2.48. The zero-order chi connectivity index (χ0) is 13.4. The van der Waals surface area contributed by atoms with Crippen molar-refractivity contribution in [2.24, 2.45) is 0 Å². The summed E-state index contributed by atoms with van der Waals surface area (Å²) in [6.07, 6.45) is 16.2. The van der Waals surface area contributed by atoms with E-state index in [4.69, 9.17) is 9.47 Å². The Bertz CT molecular complexity index is 689. The first-order chi connectivity index (χ1) is 9.90. The third-order valence-electron chi connectivity index (χ3n) is 3.62. The zero-order valence-electron chi connectivity index (χ0n) is 10.9. The molecule has 0 N–H and O–H groups in total. The number of benzene rings is 1. The van der Waals surface area contributed by atoms with Gasteiger partial charge in [0.25, 0.3) is 0 Å². The Morgan fingerprint density at radius 1 is 0.800 bits per heavy atom. The van der Waals surface area contributed by atoms with E-state index in [9.17, 15) is 0 Å². The molecule has 0 fully saturated rings. The molecule has 2 unspecified atom stereocenters. The van der Waals surface area contributed by atoms with Crippen LogP contribution < -0.4 is 4.74 Å². The molecule has 3 aliphatic rings. The van der Waals surface area contributed by atoms with Crippen molar-refractivity contribution in [3.8, 4) is 5.75 Å². The predicted molar refractivity (Wildman–Crippen MR) is 79.2 cm³/mol. The second kappa shape index (κ2) is 4.57. The maximum atomic E-state index is 6.02. The van der Waals surface area contributed by atoms with Gasteiger partial charge in [-0.05, 0) is 29.9 Å². The summed E-state index contributed by atoms with van der Waals surface area (Å²) in [6.45, 7) is 0. The van der Waals surface area contributed by atoms with E-state index >= 15 is 0 Å². The van der Waals surface area contributed by atoms with Crippen LogP contribution in [0.25, 0.3) is 6.08 Å². The largest absolute Gasteiger partial charge is 0.482 e. The molecule has 20 heavy (non-hydrogen) atoms. The maximum Gasteiger partial charge on any atom is 0.174 e. The van der Waals surface area contributed by atoms with Crippen LogP contribution in [0, 0.1) is 0 Å². The van der Waals surface area contributed by atoms with Crippen molar-refractivity contribution in [3.63, 3.8) is 0 Å². The summed E-state index contributed by atoms with van der Waals surface area (Å²) >= 11 is 0. The SMILES string of the molecule is C1=CC2=CC=C(C3C=Cc4ccccc4O3)OC2C=C1. The van der Waals surface area contributed by atoms with E-state index in [1.807, 2.05) is 48.6 Å². The van der Waals surface area contributed by atoms with Gasteiger partial charge in [-0.15, -0.1) is 0 Å². The Kier molecular flexibility index (Phi) is 2.59. The van der Waals surface area contributed by atoms with Crippen LogP contribution in [0.1, 0.15) is 5.56 Å². The highest BCUT2D eigenvalue weighted by molar-refractivity contribution is 5.60. The highest BCUT2D eigenvalue weighted by Gasteiger charge is 2.25. The fourth-order valence-corrected chi connectivity index (χ4v) is 2.57. The number of fused-ring (bicyclic) bond motifs is 2. The molecule has 0 saturated heterocycles. The van der Waals surface area contributed by atoms with Gasteiger partial charge in [0, 0.05) is 5.56 Å². The van der Waals surface area contributed by atoms with Gasteiger partial charge in [-0.2, -0.15) is 0 Å². The Balaban J connectivity index is 1.62. The molecule has 0 bridgehead atoms. The van der Waals surface area contributed by atoms with Crippen molar-refractivity contribution < 1.29 is 9.47 Å². The number of hydrogen-bond donors (Lipinski definition) is 0. The minimum atomic E-state index is -0.151. The summed E-state index contributed by atoms with van der Waals surface area (Å²) in [6, 6.07) is 8.03. The molecular weight excluding hydrogens is 248 g/mol. The van der Waals surface area contributed by atoms with Crippen LogP contribution in [0.4, 0.5) is 0 Å². The molecule has 4 rings (SSSR count). The molecule has 98 valence electrons. The predicted octanol–water partition coefficient (Wildman–Crippen LogP) is 3.80. The average molecular weight is 262 g/mol. The topological polar surface area (TPSA) is 18.5 Å². The fourth-order valence-electron chi connectivity index (χ4n) is 2.57. The second-order valence-electron chi connectivity index (χ2n) is 4.95. The van der Waals surface area contributed by atoms with Crippen LogP contribution in [0.2, 0.25) is 0 Å². The molecule has 2 heterocycles. The number of para-hydroxylation sites is 1. The Labute approximate surface area is 118 Å². The standard InChI is InChI=1S/C18H14O2/c1-3-7-15-13(5-1)9-11-17(19-15)18-12-10-14-6-2-4-8-16(14)20-18/h1-12,15,18H. The maximum absolute atomic E-state index is 6.02. The monoisotopic (exact) mass is 262 g/mol. The highest BCUT2D eigenvalue weighted by Crippen LogP contribution is 2.31. The molecule has 0 amide bonds. The first kappa shape index (κ1) is 11.4. The van der Waals surface area contributed by atoms with Crippen molar-refractivity contribution >= 4 is 6.08 Å². The van der Waals surface area contributed by atoms with Gasteiger partial charge in [-0.3, -0.25) is 0 Å². The molecule has 1 aromatic rings. The van der Waals surface area contributed by atoms with Gasteiger partial charge in [0.05, 0.1) is 0 Å². The molecule has 2 aliphatic heterocycles. The number of hydrogen-bond acceptors (Lipinski definition) is 2. The molecule has 2 atom stereocenters. The van der Waals surface area contributed by atoms with Crippen molar-refractivity contribution in [3.05, 3.63) is 83.7 Å². The van der Waals surface area contributed by atoms with Crippen LogP contribution in [0.5, 0.6) is 5.75 Å². The van der Waals surface area contributed by atoms with Crippen LogP contribution in [0.15, 0.2) is 78.1 Å². The molecule has 0 aromatic heterocycles. The number of rotatable bonds is 1. The smallest absolute Gasteiger partial charge is 0.174 e. The first-order valence-electron chi connectivity index (χ1n) is 6.77. The van der Waals surface area contributed by atoms with Crippen molar-refractivity contribution in [2.75, 3.05) is 0 Å². The van der Waals surface area contributed by atoms with E-state index in [-0.39, 0.29) is 12.2 Å². The lowest BCUT2D eigenvalue weighted by Gasteiger charge is -2.29. The summed E-state index contributed by atoms with van der Waals surface area (Å²) in [5, 5.41) is 0. The molecule has 1 aromatic carbocycles. The minimum Gasteiger partial charge on any atom is -0.482 e. The molecule has 0 radical (unpaired) electrons. The molecule has 2 heteroatoms. The van der Waals surface area contributed by atoms with E-state index in [1.54, 1.807) is 0 Å². The van der Waals surface area contributed by atoms with E-state index in [0.29, 0.717) is 0 Å². The van der Waals surface area contributed by atoms with Crippen molar-refractivity contribution in [2.45, 2.75) is 12.2 Å². The van der Waals surface area contributed by atoms with Gasteiger partial charge in [-0.1, -0.05) is 48.6 Å². The van der Waals surface area contributed by atoms with Crippen LogP contribution in [-0.2, 0) is 4.74 Å². The quantitative estimate of drug-likeness (QED) is 0.766. The van der Waals surface area contributed by atoms with E-state index < -0.39 is 0 Å². The number of ether oxygens (including phenoxy) is 2. The number of allylic oxidation sites excluding steroid dienone is 4. The zero-order valence-corrected chi connectivity index (χ0v) is 10.9. The van der Waals surface area contributed by atoms with Gasteiger partial charge >= 0.3 is 0 Å². The van der Waals surface area contributed by atoms with Crippen molar-refractivity contribution in [1.29, 1.82) is 0 Å².